The van der Waals surface area contributed by atoms with E-state index in [-0.39, 0.29) is 5.91 Å². The summed E-state index contributed by atoms with van der Waals surface area (Å²) in [4.78, 5) is 13.1. The fourth-order valence-electron chi connectivity index (χ4n) is 2.06. The van der Waals surface area contributed by atoms with Crippen LogP contribution in [0.3, 0.4) is 0 Å². The number of carbonyl (C=O) groups is 1. The predicted molar refractivity (Wildman–Crippen MR) is 94.5 cm³/mol. The highest BCUT2D eigenvalue weighted by atomic mass is 32.1. The van der Waals surface area contributed by atoms with Gasteiger partial charge in [0.1, 0.15) is 11.4 Å². The maximum atomic E-state index is 12.2. The molecule has 3 N–H and O–H groups in total. The van der Waals surface area contributed by atoms with E-state index >= 15 is 0 Å². The number of H-pyrrole nitrogens is 1. The zero-order valence-corrected chi connectivity index (χ0v) is 13.8. The number of thiophene rings is 1. The minimum absolute atomic E-state index is 0.319. The van der Waals surface area contributed by atoms with Crippen LogP contribution in [0.5, 0.6) is 5.75 Å². The number of nitrogens with zero attached hydrogens (tertiary/aromatic N) is 1. The molecule has 0 saturated heterocycles. The van der Waals surface area contributed by atoms with E-state index < -0.39 is 0 Å². The largest absolute Gasteiger partial charge is 0.497 e. The molecule has 0 aliphatic heterocycles. The number of benzene rings is 1. The fourth-order valence-corrected chi connectivity index (χ4v) is 2.71. The van der Waals surface area contributed by atoms with Crippen LogP contribution in [0.2, 0.25) is 0 Å². The maximum absolute atomic E-state index is 12.2. The SMILES string of the molecule is C=C(NNC(=O)c1cc(-c2ccc(OC)cc2)n[nH]1)c1cccs1. The van der Waals surface area contributed by atoms with Crippen molar-refractivity contribution in [3.8, 4) is 17.0 Å². The van der Waals surface area contributed by atoms with Crippen molar-refractivity contribution in [3.63, 3.8) is 0 Å². The van der Waals surface area contributed by atoms with Gasteiger partial charge in [-0.25, -0.2) is 0 Å². The van der Waals surface area contributed by atoms with Crippen molar-refractivity contribution in [1.29, 1.82) is 0 Å². The molecule has 0 saturated carbocycles. The van der Waals surface area contributed by atoms with Gasteiger partial charge in [-0.2, -0.15) is 5.10 Å². The number of rotatable bonds is 6. The lowest BCUT2D eigenvalue weighted by Crippen LogP contribution is -2.35. The van der Waals surface area contributed by atoms with Crippen LogP contribution in [0, 0.1) is 0 Å². The average molecular weight is 340 g/mol. The first-order chi connectivity index (χ1) is 11.7. The number of nitrogens with one attached hydrogen (secondary N) is 3. The van der Waals surface area contributed by atoms with E-state index in [4.69, 9.17) is 4.74 Å². The van der Waals surface area contributed by atoms with Crippen LogP contribution in [0.1, 0.15) is 15.4 Å². The Kier molecular flexibility index (Phi) is 4.62. The van der Waals surface area contributed by atoms with Crippen LogP contribution in [0.4, 0.5) is 0 Å². The van der Waals surface area contributed by atoms with Gasteiger partial charge >= 0.3 is 0 Å². The summed E-state index contributed by atoms with van der Waals surface area (Å²) in [6, 6.07) is 13.0. The van der Waals surface area contributed by atoms with Gasteiger partial charge in [-0.1, -0.05) is 12.6 Å². The van der Waals surface area contributed by atoms with Crippen LogP contribution < -0.4 is 15.6 Å². The molecule has 0 aliphatic rings. The number of amides is 1. The van der Waals surface area contributed by atoms with E-state index in [0.29, 0.717) is 17.1 Å². The first kappa shape index (κ1) is 15.8. The van der Waals surface area contributed by atoms with E-state index in [0.717, 1.165) is 16.2 Å². The molecule has 3 aromatic rings. The Hall–Kier alpha value is -3.06. The van der Waals surface area contributed by atoms with Gasteiger partial charge in [0.2, 0.25) is 0 Å². The van der Waals surface area contributed by atoms with Crippen molar-refractivity contribution >= 4 is 22.9 Å². The summed E-state index contributed by atoms with van der Waals surface area (Å²) in [5.41, 5.74) is 7.95. The quantitative estimate of drug-likeness (QED) is 0.603. The maximum Gasteiger partial charge on any atom is 0.287 e. The van der Waals surface area contributed by atoms with E-state index in [2.05, 4.69) is 27.6 Å². The van der Waals surface area contributed by atoms with Gasteiger partial charge in [-0.15, -0.1) is 11.3 Å². The van der Waals surface area contributed by atoms with Gasteiger partial charge in [-0.05, 0) is 41.8 Å². The highest BCUT2D eigenvalue weighted by molar-refractivity contribution is 7.11. The Bertz CT molecular complexity index is 838. The van der Waals surface area contributed by atoms with Crippen LogP contribution in [0.25, 0.3) is 17.0 Å². The Balaban J connectivity index is 1.64. The first-order valence-corrected chi connectivity index (χ1v) is 8.04. The molecule has 2 heterocycles. The molecule has 0 radical (unpaired) electrons. The summed E-state index contributed by atoms with van der Waals surface area (Å²) in [6.45, 7) is 3.88. The number of hydrogen-bond acceptors (Lipinski definition) is 5. The normalized spacial score (nSPS) is 10.2. The molecular formula is C17H16N4O2S. The predicted octanol–water partition coefficient (Wildman–Crippen LogP) is 3.05. The molecule has 0 aliphatic carbocycles. The zero-order valence-electron chi connectivity index (χ0n) is 13.0. The molecular weight excluding hydrogens is 324 g/mol. The van der Waals surface area contributed by atoms with Crippen LogP contribution >= 0.6 is 11.3 Å². The van der Waals surface area contributed by atoms with Gasteiger partial charge in [0.25, 0.3) is 5.91 Å². The molecule has 6 nitrogen and oxygen atoms in total. The molecule has 7 heteroatoms. The van der Waals surface area contributed by atoms with E-state index in [1.165, 1.54) is 11.3 Å². The second-order valence-electron chi connectivity index (χ2n) is 4.93. The summed E-state index contributed by atoms with van der Waals surface area (Å²) in [5.74, 6) is 0.448. The molecule has 1 amide bonds. The molecule has 2 aromatic heterocycles. The molecule has 122 valence electrons. The minimum atomic E-state index is -0.319. The average Bonchev–Trinajstić information content (AvgIpc) is 3.31. The third-order valence-electron chi connectivity index (χ3n) is 3.35. The van der Waals surface area contributed by atoms with Crippen LogP contribution in [-0.2, 0) is 0 Å². The number of methoxy groups -OCH3 is 1. The molecule has 0 unspecified atom stereocenters. The lowest BCUT2D eigenvalue weighted by Gasteiger charge is -2.08. The van der Waals surface area contributed by atoms with Crippen molar-refractivity contribution in [2.75, 3.05) is 7.11 Å². The smallest absolute Gasteiger partial charge is 0.287 e. The second-order valence-corrected chi connectivity index (χ2v) is 5.88. The Morgan fingerprint density at radius 2 is 2.04 bits per heavy atom. The Labute approximate surface area is 143 Å². The summed E-state index contributed by atoms with van der Waals surface area (Å²) in [6.07, 6.45) is 0. The molecule has 3 rings (SSSR count). The second kappa shape index (κ2) is 7.01. The van der Waals surface area contributed by atoms with Crippen molar-refractivity contribution in [1.82, 2.24) is 21.0 Å². The number of hydrazine groups is 1. The topological polar surface area (TPSA) is 79.0 Å². The summed E-state index contributed by atoms with van der Waals surface area (Å²) < 4.78 is 5.13. The van der Waals surface area contributed by atoms with Crippen LogP contribution in [-0.4, -0.2) is 23.2 Å². The van der Waals surface area contributed by atoms with Crippen LogP contribution in [0.15, 0.2) is 54.4 Å². The highest BCUT2D eigenvalue weighted by Crippen LogP contribution is 2.21. The Morgan fingerprint density at radius 3 is 2.71 bits per heavy atom. The van der Waals surface area contributed by atoms with E-state index in [9.17, 15) is 4.79 Å². The van der Waals surface area contributed by atoms with E-state index in [1.54, 1.807) is 13.2 Å². The summed E-state index contributed by atoms with van der Waals surface area (Å²) >= 11 is 1.54. The zero-order chi connectivity index (χ0) is 16.9. The number of carbonyl (C=O) groups excluding carboxylic acids is 1. The monoisotopic (exact) mass is 340 g/mol. The highest BCUT2D eigenvalue weighted by Gasteiger charge is 2.11. The third-order valence-corrected chi connectivity index (χ3v) is 4.28. The number of hydrogen-bond donors (Lipinski definition) is 3. The molecule has 24 heavy (non-hydrogen) atoms. The van der Waals surface area contributed by atoms with Crippen molar-refractivity contribution in [2.24, 2.45) is 0 Å². The van der Waals surface area contributed by atoms with Gasteiger partial charge in [0.15, 0.2) is 0 Å². The lowest BCUT2D eigenvalue weighted by atomic mass is 10.1. The first-order valence-electron chi connectivity index (χ1n) is 7.16. The summed E-state index contributed by atoms with van der Waals surface area (Å²) in [5, 5.41) is 8.84. The minimum Gasteiger partial charge on any atom is -0.497 e. The molecule has 1 aromatic carbocycles. The van der Waals surface area contributed by atoms with Crippen molar-refractivity contribution < 1.29 is 9.53 Å². The third kappa shape index (κ3) is 3.47. The van der Waals surface area contributed by atoms with Gasteiger partial charge in [0, 0.05) is 5.56 Å². The number of aromatic amines is 1. The molecule has 0 fully saturated rings. The number of ether oxygens (including phenoxy) is 1. The van der Waals surface area contributed by atoms with Gasteiger partial charge < -0.3 is 4.74 Å². The Morgan fingerprint density at radius 1 is 1.25 bits per heavy atom. The molecule has 0 bridgehead atoms. The van der Waals surface area contributed by atoms with Crippen molar-refractivity contribution in [2.45, 2.75) is 0 Å². The van der Waals surface area contributed by atoms with Gasteiger partial charge in [-0.3, -0.25) is 20.7 Å². The van der Waals surface area contributed by atoms with Gasteiger partial charge in [0.05, 0.1) is 23.4 Å². The standard InChI is InChI=1S/C17H16N4O2S/c1-11(16-4-3-9-24-16)18-21-17(22)15-10-14(19-20-15)12-5-7-13(23-2)8-6-12/h3-10,18H,1H2,2H3,(H,19,20)(H,21,22). The summed E-state index contributed by atoms with van der Waals surface area (Å²) in [7, 11) is 1.61. The lowest BCUT2D eigenvalue weighted by molar-refractivity contribution is 0.0937. The molecule has 0 spiro atoms. The molecule has 0 atom stereocenters. The number of aromatic nitrogens is 2. The fraction of sp³-hybridized carbons (Fsp3) is 0.0588. The van der Waals surface area contributed by atoms with E-state index in [1.807, 2.05) is 41.8 Å². The van der Waals surface area contributed by atoms with Crippen molar-refractivity contribution in [3.05, 3.63) is 65.0 Å².